The molecule has 1 aliphatic rings. The van der Waals surface area contributed by atoms with Crippen LogP contribution in [0.5, 0.6) is 5.75 Å². The minimum absolute atomic E-state index is 0.0398. The Hall–Kier alpha value is -2.76. The lowest BCUT2D eigenvalue weighted by atomic mass is 10.0. The molecule has 0 bridgehead atoms. The van der Waals surface area contributed by atoms with E-state index in [0.29, 0.717) is 18.6 Å². The maximum Gasteiger partial charge on any atom is 0.334 e. The number of anilines is 1. The van der Waals surface area contributed by atoms with E-state index in [1.165, 1.54) is 4.90 Å². The Bertz CT molecular complexity index is 948. The molecule has 2 unspecified atom stereocenters. The van der Waals surface area contributed by atoms with Crippen LogP contribution in [0, 0.1) is 0 Å². The summed E-state index contributed by atoms with van der Waals surface area (Å²) in [6.07, 6.45) is 4.72. The molecule has 3 atom stereocenters. The average molecular weight is 471 g/mol. The molecule has 0 N–H and O–H groups in total. The summed E-state index contributed by atoms with van der Waals surface area (Å²) in [6, 6.07) is 14.0. The summed E-state index contributed by atoms with van der Waals surface area (Å²) < 4.78 is 12.5. The summed E-state index contributed by atoms with van der Waals surface area (Å²) in [4.78, 5) is 37.3. The number of ether oxygens (including phenoxy) is 2. The van der Waals surface area contributed by atoms with Crippen LogP contribution in [0.4, 0.5) is 10.5 Å². The SMILES string of the molecule is CCCCCC(OCc1ccc(OC)cc1)c1ccc(N2C(=O)N(P)C(=O)[C@@H]2CC=O)cc1. The second kappa shape index (κ2) is 11.9. The van der Waals surface area contributed by atoms with Gasteiger partial charge in [-0.05, 0) is 51.2 Å². The van der Waals surface area contributed by atoms with E-state index in [4.69, 9.17) is 9.47 Å². The minimum atomic E-state index is -0.815. The predicted octanol–water partition coefficient (Wildman–Crippen LogP) is 5.05. The lowest BCUT2D eigenvalue weighted by Crippen LogP contribution is -2.35. The van der Waals surface area contributed by atoms with Gasteiger partial charge < -0.3 is 14.3 Å². The fraction of sp³-hybridized carbons (Fsp3) is 0.400. The first-order chi connectivity index (χ1) is 16.0. The molecule has 8 heteroatoms. The highest BCUT2D eigenvalue weighted by molar-refractivity contribution is 7.16. The van der Waals surface area contributed by atoms with Crippen LogP contribution < -0.4 is 9.64 Å². The highest BCUT2D eigenvalue weighted by atomic mass is 31.0. The highest BCUT2D eigenvalue weighted by Gasteiger charge is 2.43. The molecule has 2 aromatic carbocycles. The van der Waals surface area contributed by atoms with E-state index in [0.717, 1.165) is 47.2 Å². The summed E-state index contributed by atoms with van der Waals surface area (Å²) in [7, 11) is 3.77. The van der Waals surface area contributed by atoms with Crippen LogP contribution >= 0.6 is 9.39 Å². The number of nitrogens with zero attached hydrogens (tertiary/aromatic N) is 2. The van der Waals surface area contributed by atoms with Crippen LogP contribution in [0.25, 0.3) is 0 Å². The number of urea groups is 1. The van der Waals surface area contributed by atoms with Gasteiger partial charge in [0, 0.05) is 12.1 Å². The number of carbonyl (C=O) groups excluding carboxylic acids is 3. The van der Waals surface area contributed by atoms with Crippen molar-refractivity contribution in [3.8, 4) is 5.75 Å². The van der Waals surface area contributed by atoms with Crippen molar-refractivity contribution in [1.29, 1.82) is 0 Å². The Kier molecular flexibility index (Phi) is 8.98. The highest BCUT2D eigenvalue weighted by Crippen LogP contribution is 2.32. The van der Waals surface area contributed by atoms with Crippen molar-refractivity contribution in [1.82, 2.24) is 4.67 Å². The van der Waals surface area contributed by atoms with Gasteiger partial charge in [-0.1, -0.05) is 50.5 Å². The molecule has 3 rings (SSSR count). The molecule has 3 amide bonds. The number of benzene rings is 2. The first-order valence-electron chi connectivity index (χ1n) is 11.2. The van der Waals surface area contributed by atoms with Crippen molar-refractivity contribution < 1.29 is 23.9 Å². The quantitative estimate of drug-likeness (QED) is 0.188. The van der Waals surface area contributed by atoms with E-state index < -0.39 is 18.0 Å². The van der Waals surface area contributed by atoms with Gasteiger partial charge in [0.1, 0.15) is 18.1 Å². The normalized spacial score (nSPS) is 16.9. The molecular weight excluding hydrogens is 439 g/mol. The van der Waals surface area contributed by atoms with Gasteiger partial charge in [-0.3, -0.25) is 9.69 Å². The van der Waals surface area contributed by atoms with E-state index in [-0.39, 0.29) is 12.5 Å². The van der Waals surface area contributed by atoms with Crippen LogP contribution in [0.1, 0.15) is 56.3 Å². The number of amides is 3. The topological polar surface area (TPSA) is 76.2 Å². The molecule has 176 valence electrons. The molecule has 2 aromatic rings. The molecule has 7 nitrogen and oxygen atoms in total. The zero-order valence-electron chi connectivity index (χ0n) is 19.1. The van der Waals surface area contributed by atoms with Gasteiger partial charge in [-0.25, -0.2) is 9.46 Å². The predicted molar refractivity (Wildman–Crippen MR) is 130 cm³/mol. The van der Waals surface area contributed by atoms with Gasteiger partial charge in [-0.2, -0.15) is 0 Å². The molecule has 1 heterocycles. The maximum atomic E-state index is 12.6. The van der Waals surface area contributed by atoms with Crippen molar-refractivity contribution in [3.05, 3.63) is 59.7 Å². The fourth-order valence-corrected chi connectivity index (χ4v) is 4.19. The third-order valence-electron chi connectivity index (χ3n) is 5.79. The number of unbranched alkanes of at least 4 members (excludes halogenated alkanes) is 2. The van der Waals surface area contributed by atoms with Gasteiger partial charge >= 0.3 is 6.03 Å². The van der Waals surface area contributed by atoms with Crippen molar-refractivity contribution in [2.24, 2.45) is 0 Å². The van der Waals surface area contributed by atoms with Gasteiger partial charge in [-0.15, -0.1) is 0 Å². The second-order valence-electron chi connectivity index (χ2n) is 8.01. The number of rotatable bonds is 12. The first kappa shape index (κ1) is 24.9. The number of imide groups is 1. The molecule has 0 aromatic heterocycles. The van der Waals surface area contributed by atoms with E-state index in [1.807, 2.05) is 48.5 Å². The molecule has 0 aliphatic carbocycles. The van der Waals surface area contributed by atoms with Crippen LogP contribution in [0.15, 0.2) is 48.5 Å². The smallest absolute Gasteiger partial charge is 0.334 e. The number of hydrogen-bond donors (Lipinski definition) is 0. The minimum Gasteiger partial charge on any atom is -0.497 e. The van der Waals surface area contributed by atoms with Crippen molar-refractivity contribution in [2.45, 2.75) is 57.8 Å². The van der Waals surface area contributed by atoms with Crippen LogP contribution in [-0.2, 0) is 20.9 Å². The fourth-order valence-electron chi connectivity index (χ4n) is 3.90. The standard InChI is InChI=1S/C25H31N2O5P/c1-3-4-5-6-23(32-17-18-7-13-21(31-2)14-8-18)19-9-11-20(12-10-19)26-22(15-16-28)24(29)27(33)25(26)30/h7-14,16,22-23H,3-6,15,17,33H2,1-2H3/t22-,23?/m0/s1. The number of carbonyl (C=O) groups is 3. The maximum absolute atomic E-state index is 12.6. The van der Waals surface area contributed by atoms with Crippen molar-refractivity contribution in [3.63, 3.8) is 0 Å². The van der Waals surface area contributed by atoms with Crippen LogP contribution in [0.3, 0.4) is 0 Å². The lowest BCUT2D eigenvalue weighted by molar-refractivity contribution is -0.125. The third kappa shape index (κ3) is 5.98. The Morgan fingerprint density at radius 3 is 2.36 bits per heavy atom. The van der Waals surface area contributed by atoms with E-state index in [1.54, 1.807) is 7.11 Å². The monoisotopic (exact) mass is 470 g/mol. The molecule has 1 aliphatic heterocycles. The molecule has 0 saturated carbocycles. The molecule has 33 heavy (non-hydrogen) atoms. The first-order valence-corrected chi connectivity index (χ1v) is 11.7. The number of methoxy groups -OCH3 is 1. The summed E-state index contributed by atoms with van der Waals surface area (Å²) in [5.74, 6) is 0.405. The summed E-state index contributed by atoms with van der Waals surface area (Å²) >= 11 is 0. The number of aldehydes is 1. The summed E-state index contributed by atoms with van der Waals surface area (Å²) in [5, 5.41) is 0. The zero-order chi connectivity index (χ0) is 23.8. The van der Waals surface area contributed by atoms with Gasteiger partial charge in [0.15, 0.2) is 0 Å². The molecular formula is C25H31N2O5P. The molecule has 0 radical (unpaired) electrons. The molecule has 1 fully saturated rings. The van der Waals surface area contributed by atoms with Gasteiger partial charge in [0.25, 0.3) is 5.91 Å². The van der Waals surface area contributed by atoms with Gasteiger partial charge in [0.05, 0.1) is 19.8 Å². The second-order valence-corrected chi connectivity index (χ2v) is 8.53. The van der Waals surface area contributed by atoms with Crippen LogP contribution in [0.2, 0.25) is 0 Å². The molecule has 1 saturated heterocycles. The van der Waals surface area contributed by atoms with Gasteiger partial charge in [0.2, 0.25) is 0 Å². The summed E-state index contributed by atoms with van der Waals surface area (Å²) in [5.41, 5.74) is 2.65. The zero-order valence-corrected chi connectivity index (χ0v) is 20.3. The largest absolute Gasteiger partial charge is 0.497 e. The average Bonchev–Trinajstić information content (AvgIpc) is 3.05. The van der Waals surface area contributed by atoms with E-state index >= 15 is 0 Å². The Balaban J connectivity index is 1.75. The Labute approximate surface area is 197 Å². The van der Waals surface area contributed by atoms with E-state index in [2.05, 4.69) is 16.3 Å². The number of hydrogen-bond acceptors (Lipinski definition) is 5. The van der Waals surface area contributed by atoms with Crippen LogP contribution in [-0.4, -0.2) is 36.0 Å². The van der Waals surface area contributed by atoms with Crippen molar-refractivity contribution in [2.75, 3.05) is 12.0 Å². The molecule has 0 spiro atoms. The summed E-state index contributed by atoms with van der Waals surface area (Å²) in [6.45, 7) is 2.65. The third-order valence-corrected chi connectivity index (χ3v) is 6.26. The Morgan fingerprint density at radius 1 is 1.06 bits per heavy atom. The van der Waals surface area contributed by atoms with E-state index in [9.17, 15) is 14.4 Å². The lowest BCUT2D eigenvalue weighted by Gasteiger charge is -2.22. The van der Waals surface area contributed by atoms with Crippen molar-refractivity contribution >= 4 is 33.3 Å². The Morgan fingerprint density at radius 2 is 1.76 bits per heavy atom.